The number of likely N-dealkylation sites (tertiary alicyclic amines) is 1. The molecule has 2 saturated heterocycles. The Morgan fingerprint density at radius 1 is 0.946 bits per heavy atom. The summed E-state index contributed by atoms with van der Waals surface area (Å²) in [6.45, 7) is 3.37. The molecular weight excluding hydrogens is 490 g/mol. The molecule has 10 heteroatoms. The lowest BCUT2D eigenvalue weighted by Crippen LogP contribution is -2.54. The van der Waals surface area contributed by atoms with Crippen LogP contribution in [0.25, 0.3) is 0 Å². The molecule has 0 radical (unpaired) electrons. The molecule has 0 spiro atoms. The summed E-state index contributed by atoms with van der Waals surface area (Å²) in [6.07, 6.45) is -4.57. The monoisotopic (exact) mass is 521 g/mol. The van der Waals surface area contributed by atoms with Gasteiger partial charge in [-0.15, -0.1) is 13.2 Å². The maximum absolute atomic E-state index is 15.4. The molecule has 0 saturated carbocycles. The highest BCUT2D eigenvalue weighted by atomic mass is 19.4. The summed E-state index contributed by atoms with van der Waals surface area (Å²) in [4.78, 5) is 29.4. The van der Waals surface area contributed by atoms with E-state index in [1.54, 1.807) is 17.0 Å². The standard InChI is InChI=1S/C27H31F4N3O3/c1-19(35)32-13-11-20(12-14-32)17-25(36)34-16-15-33(18-24(34)28)26(21-5-3-2-4-6-21)22-7-9-23(10-8-22)37-27(29,30)31/h2-10,20,24,26H,11-18H2,1H3. The molecule has 0 aromatic heterocycles. The number of piperazine rings is 1. The molecule has 2 heterocycles. The first-order valence-corrected chi connectivity index (χ1v) is 12.4. The van der Waals surface area contributed by atoms with Crippen molar-refractivity contribution in [3.8, 4) is 5.75 Å². The molecular formula is C27H31F4N3O3. The lowest BCUT2D eigenvalue weighted by Gasteiger charge is -2.42. The summed E-state index contributed by atoms with van der Waals surface area (Å²) in [6, 6.07) is 14.6. The summed E-state index contributed by atoms with van der Waals surface area (Å²) in [5, 5.41) is 0. The van der Waals surface area contributed by atoms with Crippen molar-refractivity contribution in [2.75, 3.05) is 32.7 Å². The molecule has 2 aliphatic heterocycles. The minimum atomic E-state index is -4.78. The van der Waals surface area contributed by atoms with Crippen LogP contribution in [0.5, 0.6) is 5.75 Å². The highest BCUT2D eigenvalue weighted by molar-refractivity contribution is 5.77. The zero-order valence-corrected chi connectivity index (χ0v) is 20.7. The molecule has 200 valence electrons. The van der Waals surface area contributed by atoms with Gasteiger partial charge >= 0.3 is 6.36 Å². The third-order valence-electron chi connectivity index (χ3n) is 7.10. The number of hydrogen-bond acceptors (Lipinski definition) is 4. The third kappa shape index (κ3) is 7.00. The van der Waals surface area contributed by atoms with Crippen LogP contribution in [0.1, 0.15) is 43.4 Å². The van der Waals surface area contributed by atoms with Crippen molar-refractivity contribution in [2.45, 2.75) is 44.9 Å². The lowest BCUT2D eigenvalue weighted by molar-refractivity contribution is -0.274. The molecule has 6 nitrogen and oxygen atoms in total. The summed E-state index contributed by atoms with van der Waals surface area (Å²) in [7, 11) is 0. The maximum Gasteiger partial charge on any atom is 0.573 e. The van der Waals surface area contributed by atoms with Crippen molar-refractivity contribution < 1.29 is 31.9 Å². The zero-order valence-electron chi connectivity index (χ0n) is 20.7. The van der Waals surface area contributed by atoms with E-state index in [2.05, 4.69) is 4.74 Å². The van der Waals surface area contributed by atoms with Gasteiger partial charge in [0.1, 0.15) is 5.75 Å². The van der Waals surface area contributed by atoms with Gasteiger partial charge in [-0.1, -0.05) is 42.5 Å². The number of ether oxygens (including phenoxy) is 1. The first kappa shape index (κ1) is 26.9. The van der Waals surface area contributed by atoms with Crippen LogP contribution in [0.4, 0.5) is 17.6 Å². The Hall–Kier alpha value is -3.14. The Kier molecular flexibility index (Phi) is 8.36. The average molecular weight is 522 g/mol. The van der Waals surface area contributed by atoms with Crippen LogP contribution in [0.3, 0.4) is 0 Å². The van der Waals surface area contributed by atoms with Crippen molar-refractivity contribution in [1.29, 1.82) is 0 Å². The van der Waals surface area contributed by atoms with Gasteiger partial charge in [0.05, 0.1) is 6.04 Å². The lowest BCUT2D eigenvalue weighted by atomic mass is 9.92. The van der Waals surface area contributed by atoms with Gasteiger partial charge in [0.2, 0.25) is 11.8 Å². The topological polar surface area (TPSA) is 53.1 Å². The molecule has 0 N–H and O–H groups in total. The van der Waals surface area contributed by atoms with Crippen molar-refractivity contribution in [3.05, 3.63) is 65.7 Å². The van der Waals surface area contributed by atoms with E-state index >= 15 is 4.39 Å². The number of nitrogens with zero attached hydrogens (tertiary/aromatic N) is 3. The van der Waals surface area contributed by atoms with E-state index in [1.807, 2.05) is 35.2 Å². The molecule has 0 aliphatic carbocycles. The maximum atomic E-state index is 15.4. The molecule has 2 unspecified atom stereocenters. The smallest absolute Gasteiger partial charge is 0.406 e. The number of carbonyl (C=O) groups excluding carboxylic acids is 2. The van der Waals surface area contributed by atoms with Crippen LogP contribution in [-0.4, -0.2) is 71.9 Å². The number of hydrogen-bond donors (Lipinski definition) is 0. The van der Waals surface area contributed by atoms with Gasteiger partial charge in [-0.3, -0.25) is 14.5 Å². The van der Waals surface area contributed by atoms with E-state index in [0.717, 1.165) is 18.4 Å². The quantitative estimate of drug-likeness (QED) is 0.406. The predicted octanol–water partition coefficient (Wildman–Crippen LogP) is 4.76. The van der Waals surface area contributed by atoms with E-state index < -0.39 is 18.7 Å². The Labute approximate surface area is 213 Å². The number of carbonyl (C=O) groups is 2. The Morgan fingerprint density at radius 3 is 2.14 bits per heavy atom. The SMILES string of the molecule is CC(=O)N1CCC(CC(=O)N2CCN(C(c3ccccc3)c3ccc(OC(F)(F)F)cc3)CC2F)CC1. The highest BCUT2D eigenvalue weighted by Gasteiger charge is 2.36. The number of rotatable bonds is 6. The largest absolute Gasteiger partial charge is 0.573 e. The van der Waals surface area contributed by atoms with E-state index in [9.17, 15) is 22.8 Å². The van der Waals surface area contributed by atoms with E-state index in [-0.39, 0.29) is 43.0 Å². The Morgan fingerprint density at radius 2 is 1.57 bits per heavy atom. The average Bonchev–Trinajstić information content (AvgIpc) is 2.85. The van der Waals surface area contributed by atoms with Crippen molar-refractivity contribution >= 4 is 11.8 Å². The molecule has 2 atom stereocenters. The number of halogens is 4. The molecule has 2 aromatic rings. The number of benzene rings is 2. The van der Waals surface area contributed by atoms with Gasteiger partial charge in [0.15, 0.2) is 6.30 Å². The fourth-order valence-corrected chi connectivity index (χ4v) is 5.19. The summed E-state index contributed by atoms with van der Waals surface area (Å²) < 4.78 is 57.1. The summed E-state index contributed by atoms with van der Waals surface area (Å²) in [5.41, 5.74) is 1.57. The van der Waals surface area contributed by atoms with Crippen LogP contribution in [-0.2, 0) is 9.59 Å². The van der Waals surface area contributed by atoms with Gasteiger partial charge < -0.3 is 14.5 Å². The second-order valence-electron chi connectivity index (χ2n) is 9.60. The van der Waals surface area contributed by atoms with Crippen LogP contribution in [0.2, 0.25) is 0 Å². The summed E-state index contributed by atoms with van der Waals surface area (Å²) in [5.74, 6) is -0.391. The van der Waals surface area contributed by atoms with Crippen LogP contribution in [0.15, 0.2) is 54.6 Å². The predicted molar refractivity (Wildman–Crippen MR) is 129 cm³/mol. The van der Waals surface area contributed by atoms with Crippen LogP contribution >= 0.6 is 0 Å². The molecule has 2 amide bonds. The fraction of sp³-hybridized carbons (Fsp3) is 0.481. The molecule has 37 heavy (non-hydrogen) atoms. The van der Waals surface area contributed by atoms with Crippen molar-refractivity contribution in [1.82, 2.24) is 14.7 Å². The van der Waals surface area contributed by atoms with Crippen LogP contribution in [0, 0.1) is 5.92 Å². The van der Waals surface area contributed by atoms with Crippen molar-refractivity contribution in [2.24, 2.45) is 5.92 Å². The minimum absolute atomic E-state index is 0.0190. The first-order chi connectivity index (χ1) is 17.6. The molecule has 2 aromatic carbocycles. The van der Waals surface area contributed by atoms with Crippen LogP contribution < -0.4 is 4.74 Å². The summed E-state index contributed by atoms with van der Waals surface area (Å²) >= 11 is 0. The Balaban J connectivity index is 1.43. The highest BCUT2D eigenvalue weighted by Crippen LogP contribution is 2.33. The Bertz CT molecular complexity index is 1060. The zero-order chi connectivity index (χ0) is 26.6. The van der Waals surface area contributed by atoms with E-state index in [1.165, 1.54) is 24.0 Å². The molecule has 2 aliphatic rings. The molecule has 2 fully saturated rings. The number of amides is 2. The minimum Gasteiger partial charge on any atom is -0.406 e. The van der Waals surface area contributed by atoms with Gasteiger partial charge in [-0.25, -0.2) is 4.39 Å². The van der Waals surface area contributed by atoms with Crippen molar-refractivity contribution in [3.63, 3.8) is 0 Å². The van der Waals surface area contributed by atoms with Gasteiger partial charge in [-0.05, 0) is 42.0 Å². The second kappa shape index (κ2) is 11.5. The number of piperidine rings is 1. The van der Waals surface area contributed by atoms with Gasteiger partial charge in [-0.2, -0.15) is 0 Å². The normalized spacial score (nSPS) is 20.5. The third-order valence-corrected chi connectivity index (χ3v) is 7.10. The second-order valence-corrected chi connectivity index (χ2v) is 9.60. The van der Waals surface area contributed by atoms with Gasteiger partial charge in [0, 0.05) is 46.1 Å². The van der Waals surface area contributed by atoms with E-state index in [0.29, 0.717) is 25.2 Å². The molecule has 0 bridgehead atoms. The number of alkyl halides is 4. The van der Waals surface area contributed by atoms with E-state index in [4.69, 9.17) is 0 Å². The van der Waals surface area contributed by atoms with Gasteiger partial charge in [0.25, 0.3) is 0 Å². The fourth-order valence-electron chi connectivity index (χ4n) is 5.19. The molecule has 4 rings (SSSR count). The first-order valence-electron chi connectivity index (χ1n) is 12.4.